The summed E-state index contributed by atoms with van der Waals surface area (Å²) in [7, 11) is 0.184. The summed E-state index contributed by atoms with van der Waals surface area (Å²) in [5, 5.41) is 0.641. The van der Waals surface area contributed by atoms with Crippen molar-refractivity contribution in [2.24, 2.45) is 0 Å². The van der Waals surface area contributed by atoms with Gasteiger partial charge in [-0.15, -0.1) is 12.4 Å². The summed E-state index contributed by atoms with van der Waals surface area (Å²) in [4.78, 5) is 22.4. The zero-order valence-corrected chi connectivity index (χ0v) is 25.0. The Kier molecular flexibility index (Phi) is 8.66. The van der Waals surface area contributed by atoms with Gasteiger partial charge in [-0.2, -0.15) is 0 Å². The second-order valence-electron chi connectivity index (χ2n) is 10.0. The van der Waals surface area contributed by atoms with E-state index in [1.165, 1.54) is 27.8 Å². The van der Waals surface area contributed by atoms with Crippen LogP contribution < -0.4 is 9.21 Å². The van der Waals surface area contributed by atoms with Crippen LogP contribution in [0.15, 0.2) is 65.6 Å². The Hall–Kier alpha value is -2.98. The molecule has 39 heavy (non-hydrogen) atoms. The molecule has 2 heterocycles. The van der Waals surface area contributed by atoms with Crippen LogP contribution >= 0.6 is 23.7 Å². The van der Waals surface area contributed by atoms with Gasteiger partial charge in [0.05, 0.1) is 20.8 Å². The van der Waals surface area contributed by atoms with Gasteiger partial charge in [-0.25, -0.2) is 13.4 Å². The van der Waals surface area contributed by atoms with Gasteiger partial charge < -0.3 is 4.90 Å². The number of carbonyl (C=O) groups is 1. The molecular weight excluding hydrogens is 552 g/mol. The van der Waals surface area contributed by atoms with Crippen LogP contribution in [-0.2, 0) is 16.4 Å². The van der Waals surface area contributed by atoms with Crippen LogP contribution in [0.1, 0.15) is 33.5 Å². The molecule has 1 aliphatic rings. The monoisotopic (exact) mass is 584 g/mol. The number of hydrogen-bond acceptors (Lipinski definition) is 6. The number of sulfonamides is 1. The Balaban J connectivity index is 0.00000353. The first-order valence-electron chi connectivity index (χ1n) is 12.7. The molecule has 3 aromatic carbocycles. The van der Waals surface area contributed by atoms with Gasteiger partial charge in [0.15, 0.2) is 5.13 Å². The Bertz CT molecular complexity index is 1600. The van der Waals surface area contributed by atoms with Crippen molar-refractivity contribution in [3.8, 4) is 0 Å². The second kappa shape index (κ2) is 11.6. The third-order valence-corrected chi connectivity index (χ3v) is 9.87. The fourth-order valence-corrected chi connectivity index (χ4v) is 7.45. The van der Waals surface area contributed by atoms with Crippen LogP contribution in [0, 0.1) is 13.8 Å². The van der Waals surface area contributed by atoms with Crippen LogP contribution in [0.2, 0.25) is 0 Å². The third-order valence-electron chi connectivity index (χ3n) is 6.81. The van der Waals surface area contributed by atoms with Crippen molar-refractivity contribution in [3.63, 3.8) is 0 Å². The third kappa shape index (κ3) is 5.82. The number of benzene rings is 3. The molecule has 0 atom stereocenters. The van der Waals surface area contributed by atoms with E-state index in [0.29, 0.717) is 30.3 Å². The van der Waals surface area contributed by atoms with Gasteiger partial charge in [0.2, 0.25) is 0 Å². The highest BCUT2D eigenvalue weighted by Crippen LogP contribution is 2.34. The molecule has 7 nitrogen and oxygen atoms in total. The first kappa shape index (κ1) is 29.0. The van der Waals surface area contributed by atoms with E-state index >= 15 is 0 Å². The van der Waals surface area contributed by atoms with E-state index in [2.05, 4.69) is 13.0 Å². The lowest BCUT2D eigenvalue weighted by Crippen LogP contribution is -2.37. The molecule has 206 valence electrons. The number of fused-ring (bicyclic) bond motifs is 2. The SMILES string of the molecule is Cc1cc(C)c2sc(N(CCN(C)C)C(=O)c3ccc(S(=O)(=O)N4CCCc5ccccc54)cc3)nc2c1.Cl. The number of hydrogen-bond donors (Lipinski definition) is 0. The van der Waals surface area contributed by atoms with Crippen molar-refractivity contribution in [2.45, 2.75) is 31.6 Å². The summed E-state index contributed by atoms with van der Waals surface area (Å²) in [6.07, 6.45) is 1.64. The lowest BCUT2D eigenvalue weighted by atomic mass is 10.0. The molecule has 0 spiro atoms. The molecule has 1 aliphatic heterocycles. The van der Waals surface area contributed by atoms with Crippen LogP contribution in [0.3, 0.4) is 0 Å². The number of rotatable bonds is 7. The average molecular weight is 585 g/mol. The van der Waals surface area contributed by atoms with Crippen molar-refractivity contribution in [2.75, 3.05) is 42.9 Å². The first-order chi connectivity index (χ1) is 18.1. The van der Waals surface area contributed by atoms with Crippen molar-refractivity contribution < 1.29 is 13.2 Å². The Morgan fingerprint density at radius 2 is 1.74 bits per heavy atom. The molecule has 0 saturated carbocycles. The number of thiazole rings is 1. The van der Waals surface area contributed by atoms with Gasteiger partial charge in [0.25, 0.3) is 15.9 Å². The molecule has 10 heteroatoms. The zero-order chi connectivity index (χ0) is 27.0. The molecule has 0 bridgehead atoms. The number of nitrogens with zero attached hydrogens (tertiary/aromatic N) is 4. The summed E-state index contributed by atoms with van der Waals surface area (Å²) < 4.78 is 29.6. The van der Waals surface area contributed by atoms with Crippen LogP contribution in [-0.4, -0.2) is 57.9 Å². The van der Waals surface area contributed by atoms with Crippen molar-refractivity contribution in [1.82, 2.24) is 9.88 Å². The van der Waals surface area contributed by atoms with E-state index in [1.54, 1.807) is 17.0 Å². The van der Waals surface area contributed by atoms with E-state index in [4.69, 9.17) is 4.98 Å². The summed E-state index contributed by atoms with van der Waals surface area (Å²) in [5.41, 5.74) is 5.34. The summed E-state index contributed by atoms with van der Waals surface area (Å²) in [5.74, 6) is -0.201. The molecule has 0 radical (unpaired) electrons. The molecule has 1 amide bonds. The van der Waals surface area contributed by atoms with Gasteiger partial charge in [-0.3, -0.25) is 14.0 Å². The predicted molar refractivity (Wildman–Crippen MR) is 162 cm³/mol. The zero-order valence-electron chi connectivity index (χ0n) is 22.5. The number of amides is 1. The highest BCUT2D eigenvalue weighted by molar-refractivity contribution is 7.92. The van der Waals surface area contributed by atoms with E-state index in [0.717, 1.165) is 45.4 Å². The highest BCUT2D eigenvalue weighted by Gasteiger charge is 2.29. The minimum absolute atomic E-state index is 0. The number of aromatic nitrogens is 1. The van der Waals surface area contributed by atoms with Crippen molar-refractivity contribution >= 4 is 60.7 Å². The van der Waals surface area contributed by atoms with Crippen molar-refractivity contribution in [1.29, 1.82) is 0 Å². The smallest absolute Gasteiger partial charge is 0.264 e. The number of para-hydroxylation sites is 1. The van der Waals surface area contributed by atoms with E-state index < -0.39 is 10.0 Å². The molecule has 0 fully saturated rings. The van der Waals surface area contributed by atoms with E-state index in [1.807, 2.05) is 56.3 Å². The largest absolute Gasteiger partial charge is 0.308 e. The molecular formula is C29H33ClN4O3S2. The summed E-state index contributed by atoms with van der Waals surface area (Å²) >= 11 is 1.51. The van der Waals surface area contributed by atoms with Gasteiger partial charge in [-0.05, 0) is 93.9 Å². The maximum absolute atomic E-state index is 13.7. The fourth-order valence-electron chi connectivity index (χ4n) is 4.87. The molecule has 4 aromatic rings. The number of carbonyl (C=O) groups excluding carboxylic acids is 1. The van der Waals surface area contributed by atoms with E-state index in [-0.39, 0.29) is 23.2 Å². The highest BCUT2D eigenvalue weighted by atomic mass is 35.5. The van der Waals surface area contributed by atoms with Gasteiger partial charge in [0.1, 0.15) is 0 Å². The minimum Gasteiger partial charge on any atom is -0.308 e. The lowest BCUT2D eigenvalue weighted by molar-refractivity contribution is 0.0985. The topological polar surface area (TPSA) is 73.8 Å². The average Bonchev–Trinajstić information content (AvgIpc) is 3.32. The molecule has 1 aromatic heterocycles. The van der Waals surface area contributed by atoms with Gasteiger partial charge in [-0.1, -0.05) is 35.6 Å². The second-order valence-corrected chi connectivity index (χ2v) is 12.9. The normalized spacial score (nSPS) is 13.3. The van der Waals surface area contributed by atoms with Gasteiger partial charge >= 0.3 is 0 Å². The van der Waals surface area contributed by atoms with Crippen LogP contribution in [0.25, 0.3) is 10.2 Å². The maximum atomic E-state index is 13.7. The number of anilines is 2. The Morgan fingerprint density at radius 1 is 1.03 bits per heavy atom. The van der Waals surface area contributed by atoms with Crippen LogP contribution in [0.4, 0.5) is 10.8 Å². The van der Waals surface area contributed by atoms with Crippen molar-refractivity contribution in [3.05, 3.63) is 82.9 Å². The minimum atomic E-state index is -3.75. The van der Waals surface area contributed by atoms with Crippen LogP contribution in [0.5, 0.6) is 0 Å². The summed E-state index contributed by atoms with van der Waals surface area (Å²) in [6.45, 7) is 5.67. The predicted octanol–water partition coefficient (Wildman–Crippen LogP) is 5.68. The molecule has 0 N–H and O–H groups in total. The van der Waals surface area contributed by atoms with Gasteiger partial charge in [0, 0.05) is 25.2 Å². The first-order valence-corrected chi connectivity index (χ1v) is 15.0. The molecule has 0 aliphatic carbocycles. The number of halogens is 1. The van der Waals surface area contributed by atoms with E-state index in [9.17, 15) is 13.2 Å². The Morgan fingerprint density at radius 3 is 2.46 bits per heavy atom. The molecule has 0 unspecified atom stereocenters. The quantitative estimate of drug-likeness (QED) is 0.279. The fraction of sp³-hybridized carbons (Fsp3) is 0.310. The maximum Gasteiger partial charge on any atom is 0.264 e. The number of likely N-dealkylation sites (N-methyl/N-ethyl adjacent to an activating group) is 1. The summed E-state index contributed by atoms with van der Waals surface area (Å²) in [6, 6.07) is 18.1. The molecule has 0 saturated heterocycles. The molecule has 5 rings (SSSR count). The number of aryl methyl sites for hydroxylation is 3. The standard InChI is InChI=1S/C29H32N4O3S2.ClH/c1-20-18-21(2)27-25(19-20)30-29(37-27)32(17-16-31(3)4)28(34)23-11-13-24(14-12-23)38(35,36)33-15-7-9-22-8-5-6-10-26(22)33;/h5-6,8,10-14,18-19H,7,9,15-17H2,1-4H3;1H. The Labute approximate surface area is 240 Å². The lowest BCUT2D eigenvalue weighted by Gasteiger charge is -2.30.